The fourth-order valence-corrected chi connectivity index (χ4v) is 7.04. The fourth-order valence-electron chi connectivity index (χ4n) is 7.04. The average molecular weight is 793 g/mol. The van der Waals surface area contributed by atoms with Gasteiger partial charge in [0.25, 0.3) is 0 Å². The highest BCUT2D eigenvalue weighted by Crippen LogP contribution is 2.43. The van der Waals surface area contributed by atoms with Crippen LogP contribution in [0.1, 0.15) is 94.5 Å². The maximum absolute atomic E-state index is 13.8. The lowest BCUT2D eigenvalue weighted by Gasteiger charge is -2.39. The lowest BCUT2D eigenvalue weighted by Crippen LogP contribution is -2.59. The Morgan fingerprint density at radius 3 is 2.36 bits per heavy atom. The van der Waals surface area contributed by atoms with E-state index in [1.165, 1.54) is 6.92 Å². The van der Waals surface area contributed by atoms with Gasteiger partial charge in [-0.05, 0) is 43.5 Å². The van der Waals surface area contributed by atoms with Crippen LogP contribution in [0.4, 0.5) is 0 Å². The first-order valence-corrected chi connectivity index (χ1v) is 19.7. The Kier molecular flexibility index (Phi) is 17.9. The predicted molar refractivity (Wildman–Crippen MR) is 202 cm³/mol. The van der Waals surface area contributed by atoms with Crippen LogP contribution in [0, 0.1) is 0 Å². The lowest BCUT2D eigenvalue weighted by atomic mass is 9.91. The first kappa shape index (κ1) is 45.4. The standard InChI is InChI=1S/C40H60N2O14/c1-4-6-8-15-40(16-9-7-5-2)55-29-22-27(36(49)42-31(24(3)45)37(50)41-17-18-43)21-28(35(29)56-40)53-38(51)26-14-10-12-25(20-26)13-11-19-52-39-34(48)33(47)32(46)30(23-44)54-39/h10-14,20,22,24,28-35,39,43-48H,4-9,15-19,21,23H2,1-3H3,(H,41,50)(H,42,49)/t24-,28+,29+,30+,31+,32-,33-,34+,35-,39-/m0/s1. The molecule has 0 saturated carbocycles. The molecule has 2 fully saturated rings. The molecule has 0 aromatic heterocycles. The van der Waals surface area contributed by atoms with Gasteiger partial charge in [-0.3, -0.25) is 9.59 Å². The molecule has 1 aliphatic carbocycles. The zero-order valence-corrected chi connectivity index (χ0v) is 32.5. The first-order valence-electron chi connectivity index (χ1n) is 19.7. The third kappa shape index (κ3) is 12.1. The maximum Gasteiger partial charge on any atom is 0.338 e. The normalized spacial score (nSPS) is 28.3. The van der Waals surface area contributed by atoms with Gasteiger partial charge in [0, 0.05) is 31.4 Å². The minimum atomic E-state index is -1.57. The van der Waals surface area contributed by atoms with E-state index in [4.69, 9.17) is 28.8 Å². The number of aliphatic hydroxyl groups is 6. The van der Waals surface area contributed by atoms with Crippen molar-refractivity contribution < 1.29 is 68.7 Å². The zero-order chi connectivity index (χ0) is 40.8. The molecule has 0 spiro atoms. The molecular formula is C40H60N2O14. The summed E-state index contributed by atoms with van der Waals surface area (Å²) in [6, 6.07) is 5.28. The molecule has 4 rings (SSSR count). The van der Waals surface area contributed by atoms with Crippen LogP contribution in [0.25, 0.3) is 6.08 Å². The molecule has 10 atom stereocenters. The van der Waals surface area contributed by atoms with Crippen LogP contribution in [-0.4, -0.2) is 142 Å². The van der Waals surface area contributed by atoms with Gasteiger partial charge in [-0.2, -0.15) is 0 Å². The number of hydrogen-bond donors (Lipinski definition) is 8. The van der Waals surface area contributed by atoms with Gasteiger partial charge in [0.15, 0.2) is 12.1 Å². The van der Waals surface area contributed by atoms with Crippen LogP contribution >= 0.6 is 0 Å². The monoisotopic (exact) mass is 792 g/mol. The van der Waals surface area contributed by atoms with Crippen molar-refractivity contribution in [3.8, 4) is 0 Å². The largest absolute Gasteiger partial charge is 0.456 e. The number of nitrogens with one attached hydrogen (secondary N) is 2. The quantitative estimate of drug-likeness (QED) is 0.0640. The molecule has 1 aromatic carbocycles. The van der Waals surface area contributed by atoms with E-state index < -0.39 is 91.3 Å². The van der Waals surface area contributed by atoms with E-state index in [9.17, 15) is 39.9 Å². The van der Waals surface area contributed by atoms with E-state index in [1.807, 2.05) is 0 Å². The number of fused-ring (bicyclic) bond motifs is 1. The number of unbranched alkanes of at least 4 members (excludes halogenated alkanes) is 4. The van der Waals surface area contributed by atoms with Crippen LogP contribution in [0.5, 0.6) is 0 Å². The summed E-state index contributed by atoms with van der Waals surface area (Å²) in [4.78, 5) is 40.1. The highest BCUT2D eigenvalue weighted by atomic mass is 16.8. The van der Waals surface area contributed by atoms with Crippen LogP contribution in [0.15, 0.2) is 42.0 Å². The summed E-state index contributed by atoms with van der Waals surface area (Å²) in [5.41, 5.74) is 1.01. The van der Waals surface area contributed by atoms with Crippen molar-refractivity contribution in [1.29, 1.82) is 0 Å². The van der Waals surface area contributed by atoms with Gasteiger partial charge in [0.1, 0.15) is 48.8 Å². The number of hydrogen-bond acceptors (Lipinski definition) is 14. The molecule has 16 heteroatoms. The van der Waals surface area contributed by atoms with E-state index in [1.54, 1.807) is 42.5 Å². The van der Waals surface area contributed by atoms with Gasteiger partial charge < -0.3 is 65.0 Å². The molecule has 2 aliphatic heterocycles. The molecule has 2 saturated heterocycles. The minimum Gasteiger partial charge on any atom is -0.456 e. The third-order valence-electron chi connectivity index (χ3n) is 10.2. The number of benzene rings is 1. The molecular weight excluding hydrogens is 732 g/mol. The molecule has 16 nitrogen and oxygen atoms in total. The van der Waals surface area contributed by atoms with E-state index in [0.717, 1.165) is 38.5 Å². The summed E-state index contributed by atoms with van der Waals surface area (Å²) in [5, 5.41) is 64.1. The number of rotatable bonds is 21. The van der Waals surface area contributed by atoms with Gasteiger partial charge in [0.05, 0.1) is 31.5 Å². The number of esters is 1. The van der Waals surface area contributed by atoms with Gasteiger partial charge in [-0.25, -0.2) is 4.79 Å². The molecule has 0 bridgehead atoms. The van der Waals surface area contributed by atoms with Crippen molar-refractivity contribution in [1.82, 2.24) is 10.6 Å². The summed E-state index contributed by atoms with van der Waals surface area (Å²) < 4.78 is 30.3. The third-order valence-corrected chi connectivity index (χ3v) is 10.2. The smallest absolute Gasteiger partial charge is 0.338 e. The average Bonchev–Trinajstić information content (AvgIpc) is 3.56. The summed E-state index contributed by atoms with van der Waals surface area (Å²) in [7, 11) is 0. The summed E-state index contributed by atoms with van der Waals surface area (Å²) in [5.74, 6) is -2.93. The van der Waals surface area contributed by atoms with Crippen molar-refractivity contribution in [3.63, 3.8) is 0 Å². The molecule has 314 valence electrons. The van der Waals surface area contributed by atoms with Crippen LogP contribution in [-0.2, 0) is 33.3 Å². The second kappa shape index (κ2) is 22.0. The predicted octanol–water partition coefficient (Wildman–Crippen LogP) is 0.987. The molecule has 8 N–H and O–H groups in total. The van der Waals surface area contributed by atoms with Gasteiger partial charge in [-0.15, -0.1) is 0 Å². The second-order valence-corrected chi connectivity index (χ2v) is 14.6. The Bertz CT molecular complexity index is 1470. The topological polar surface area (TPSA) is 243 Å². The first-order chi connectivity index (χ1) is 26.9. The van der Waals surface area contributed by atoms with Crippen LogP contribution in [0.2, 0.25) is 0 Å². The van der Waals surface area contributed by atoms with Crippen LogP contribution in [0.3, 0.4) is 0 Å². The second-order valence-electron chi connectivity index (χ2n) is 14.6. The van der Waals surface area contributed by atoms with Crippen molar-refractivity contribution in [2.45, 2.75) is 146 Å². The summed E-state index contributed by atoms with van der Waals surface area (Å²) in [6.07, 6.45) is 1.09. The van der Waals surface area contributed by atoms with E-state index in [0.29, 0.717) is 18.4 Å². The van der Waals surface area contributed by atoms with E-state index in [-0.39, 0.29) is 37.3 Å². The minimum absolute atomic E-state index is 0.0538. The van der Waals surface area contributed by atoms with Gasteiger partial charge >= 0.3 is 5.97 Å². The molecule has 0 unspecified atom stereocenters. The highest BCUT2D eigenvalue weighted by molar-refractivity contribution is 5.97. The Balaban J connectivity index is 1.51. The fraction of sp³-hybridized carbons (Fsp3) is 0.675. The summed E-state index contributed by atoms with van der Waals surface area (Å²) >= 11 is 0. The van der Waals surface area contributed by atoms with Gasteiger partial charge in [-0.1, -0.05) is 63.8 Å². The highest BCUT2D eigenvalue weighted by Gasteiger charge is 2.52. The Labute approximate surface area is 327 Å². The lowest BCUT2D eigenvalue weighted by molar-refractivity contribution is -0.298. The molecule has 2 heterocycles. The van der Waals surface area contributed by atoms with Crippen molar-refractivity contribution in [2.75, 3.05) is 26.4 Å². The van der Waals surface area contributed by atoms with Crippen molar-refractivity contribution >= 4 is 23.9 Å². The van der Waals surface area contributed by atoms with E-state index >= 15 is 0 Å². The molecule has 1 aromatic rings. The molecule has 0 radical (unpaired) electrons. The molecule has 56 heavy (non-hydrogen) atoms. The molecule has 2 amide bonds. The Morgan fingerprint density at radius 1 is 1.00 bits per heavy atom. The maximum atomic E-state index is 13.8. The number of ether oxygens (including phenoxy) is 5. The number of carbonyl (C=O) groups excluding carboxylic acids is 3. The zero-order valence-electron chi connectivity index (χ0n) is 32.5. The SMILES string of the molecule is CCCCCC1(CCCCC)O[C@@H]2[C@@H](C=C(C(=O)N[C@@H](C(=O)NCCO)[C@H](C)O)C[C@H]2OC(=O)c2cccc(C=CCO[C@H]3O[C@H](CO)[C@H](O)[C@H](O)[C@H]3O)c2)O1. The van der Waals surface area contributed by atoms with Crippen LogP contribution < -0.4 is 10.6 Å². The Morgan fingerprint density at radius 2 is 1.71 bits per heavy atom. The number of carbonyl (C=O) groups is 3. The number of aliphatic hydroxyl groups excluding tert-OH is 6. The number of amides is 2. The summed E-state index contributed by atoms with van der Waals surface area (Å²) in [6.45, 7) is 4.55. The Hall–Kier alpha value is -3.29. The van der Waals surface area contributed by atoms with Crippen molar-refractivity contribution in [3.05, 3.63) is 53.1 Å². The van der Waals surface area contributed by atoms with Crippen molar-refractivity contribution in [2.24, 2.45) is 0 Å². The molecule has 3 aliphatic rings. The van der Waals surface area contributed by atoms with Gasteiger partial charge in [0.2, 0.25) is 11.8 Å². The van der Waals surface area contributed by atoms with E-state index in [2.05, 4.69) is 24.5 Å².